The van der Waals surface area contributed by atoms with E-state index < -0.39 is 17.6 Å². The molecule has 0 aliphatic carbocycles. The average Bonchev–Trinajstić information content (AvgIpc) is 2.69. The Morgan fingerprint density at radius 2 is 1.54 bits per heavy atom. The van der Waals surface area contributed by atoms with Crippen molar-refractivity contribution in [3.8, 4) is 5.75 Å². The number of hydrogen-bond acceptors (Lipinski definition) is 4. The van der Waals surface area contributed by atoms with Crippen LogP contribution in [0.25, 0.3) is 0 Å². The van der Waals surface area contributed by atoms with Gasteiger partial charge in [0, 0.05) is 25.9 Å². The van der Waals surface area contributed by atoms with Gasteiger partial charge in [0.15, 0.2) is 0 Å². The van der Waals surface area contributed by atoms with Crippen LogP contribution in [0.3, 0.4) is 0 Å². The lowest BCUT2D eigenvalue weighted by Gasteiger charge is -2.39. The molecule has 0 bridgehead atoms. The SMILES string of the molecule is N[C@H](C(=O)N1CCC(Oc2ccccc2)(C(=O)O)CC1)c1ccccc1. The molecular weight excluding hydrogens is 332 g/mol. The molecule has 0 unspecified atom stereocenters. The summed E-state index contributed by atoms with van der Waals surface area (Å²) in [6.07, 6.45) is 0.426. The Morgan fingerprint density at radius 1 is 1.00 bits per heavy atom. The van der Waals surface area contributed by atoms with Crippen LogP contribution in [-0.4, -0.2) is 40.6 Å². The zero-order valence-corrected chi connectivity index (χ0v) is 14.4. The fourth-order valence-electron chi connectivity index (χ4n) is 3.16. The van der Waals surface area contributed by atoms with Crippen LogP contribution in [0.5, 0.6) is 5.75 Å². The summed E-state index contributed by atoms with van der Waals surface area (Å²) in [5, 5.41) is 9.71. The van der Waals surface area contributed by atoms with Crippen LogP contribution >= 0.6 is 0 Å². The number of nitrogens with two attached hydrogens (primary N) is 1. The molecule has 0 spiro atoms. The number of nitrogens with zero attached hydrogens (tertiary/aromatic N) is 1. The maximum Gasteiger partial charge on any atom is 0.348 e. The van der Waals surface area contributed by atoms with Crippen molar-refractivity contribution in [1.29, 1.82) is 0 Å². The number of aliphatic carboxylic acids is 1. The number of ether oxygens (including phenoxy) is 1. The number of carboxylic acids is 1. The summed E-state index contributed by atoms with van der Waals surface area (Å²) in [6, 6.07) is 17.3. The largest absolute Gasteiger partial charge is 0.478 e. The van der Waals surface area contributed by atoms with Crippen molar-refractivity contribution in [2.75, 3.05) is 13.1 Å². The average molecular weight is 354 g/mol. The van der Waals surface area contributed by atoms with Gasteiger partial charge in [-0.1, -0.05) is 48.5 Å². The first-order valence-electron chi connectivity index (χ1n) is 8.59. The van der Waals surface area contributed by atoms with E-state index in [1.54, 1.807) is 29.2 Å². The second-order valence-electron chi connectivity index (χ2n) is 6.43. The number of carboxylic acid groups (broad SMARTS) is 1. The second kappa shape index (κ2) is 7.58. The third-order valence-electron chi connectivity index (χ3n) is 4.75. The predicted octanol–water partition coefficient (Wildman–Crippen LogP) is 2.21. The highest BCUT2D eigenvalue weighted by Gasteiger charge is 2.45. The molecule has 1 aliphatic heterocycles. The molecule has 26 heavy (non-hydrogen) atoms. The highest BCUT2D eigenvalue weighted by atomic mass is 16.5. The van der Waals surface area contributed by atoms with Gasteiger partial charge in [-0.05, 0) is 17.7 Å². The van der Waals surface area contributed by atoms with Crippen molar-refractivity contribution >= 4 is 11.9 Å². The smallest absolute Gasteiger partial charge is 0.348 e. The number of carbonyl (C=O) groups is 2. The number of benzene rings is 2. The lowest BCUT2D eigenvalue weighted by molar-refractivity contribution is -0.162. The maximum absolute atomic E-state index is 12.7. The molecule has 1 heterocycles. The van der Waals surface area contributed by atoms with E-state index >= 15 is 0 Å². The Hall–Kier alpha value is -2.86. The summed E-state index contributed by atoms with van der Waals surface area (Å²) < 4.78 is 5.81. The summed E-state index contributed by atoms with van der Waals surface area (Å²) in [7, 11) is 0. The molecule has 2 aromatic rings. The van der Waals surface area contributed by atoms with Crippen LogP contribution in [0.2, 0.25) is 0 Å². The van der Waals surface area contributed by atoms with E-state index in [1.165, 1.54) is 0 Å². The monoisotopic (exact) mass is 354 g/mol. The molecule has 1 fully saturated rings. The molecule has 6 heteroatoms. The van der Waals surface area contributed by atoms with E-state index in [9.17, 15) is 14.7 Å². The zero-order valence-electron chi connectivity index (χ0n) is 14.4. The Bertz CT molecular complexity index is 756. The molecule has 0 aromatic heterocycles. The molecule has 3 N–H and O–H groups in total. The molecule has 0 radical (unpaired) electrons. The highest BCUT2D eigenvalue weighted by molar-refractivity contribution is 5.84. The lowest BCUT2D eigenvalue weighted by Crippen LogP contribution is -2.55. The summed E-state index contributed by atoms with van der Waals surface area (Å²) >= 11 is 0. The number of piperidine rings is 1. The van der Waals surface area contributed by atoms with Gasteiger partial charge in [0.2, 0.25) is 11.5 Å². The molecule has 1 amide bonds. The van der Waals surface area contributed by atoms with E-state index in [1.807, 2.05) is 36.4 Å². The quantitative estimate of drug-likeness (QED) is 0.859. The van der Waals surface area contributed by atoms with Gasteiger partial charge in [-0.25, -0.2) is 4.79 Å². The van der Waals surface area contributed by atoms with Gasteiger partial charge < -0.3 is 20.5 Å². The summed E-state index contributed by atoms with van der Waals surface area (Å²) in [4.78, 5) is 26.1. The number of hydrogen-bond donors (Lipinski definition) is 2. The molecule has 3 rings (SSSR count). The van der Waals surface area contributed by atoms with Crippen molar-refractivity contribution in [3.63, 3.8) is 0 Å². The Balaban J connectivity index is 1.68. The number of para-hydroxylation sites is 1. The topological polar surface area (TPSA) is 92.9 Å². The molecule has 6 nitrogen and oxygen atoms in total. The molecule has 136 valence electrons. The molecule has 1 aliphatic rings. The van der Waals surface area contributed by atoms with Gasteiger partial charge in [-0.15, -0.1) is 0 Å². The van der Waals surface area contributed by atoms with Crippen LogP contribution < -0.4 is 10.5 Å². The molecule has 1 atom stereocenters. The number of rotatable bonds is 5. The van der Waals surface area contributed by atoms with Crippen molar-refractivity contribution < 1.29 is 19.4 Å². The van der Waals surface area contributed by atoms with Gasteiger partial charge in [0.1, 0.15) is 11.8 Å². The predicted molar refractivity (Wildman–Crippen MR) is 96.6 cm³/mol. The minimum absolute atomic E-state index is 0.199. The van der Waals surface area contributed by atoms with Gasteiger partial charge in [0.25, 0.3) is 0 Å². The standard InChI is InChI=1S/C20H22N2O4/c21-17(15-7-3-1-4-8-15)18(23)22-13-11-20(12-14-22,19(24)25)26-16-9-5-2-6-10-16/h1-10,17H,11-14,21H2,(H,24,25)/t17-/m0/s1. The van der Waals surface area contributed by atoms with Crippen LogP contribution in [-0.2, 0) is 9.59 Å². The number of carbonyl (C=O) groups excluding carboxylic acids is 1. The minimum Gasteiger partial charge on any atom is -0.478 e. The Morgan fingerprint density at radius 3 is 2.08 bits per heavy atom. The van der Waals surface area contributed by atoms with E-state index in [4.69, 9.17) is 10.5 Å². The van der Waals surface area contributed by atoms with Crippen molar-refractivity contribution in [3.05, 3.63) is 66.2 Å². The normalized spacial score (nSPS) is 17.3. The first-order chi connectivity index (χ1) is 12.5. The molecule has 0 saturated carbocycles. The maximum atomic E-state index is 12.7. The van der Waals surface area contributed by atoms with Crippen LogP contribution in [0.1, 0.15) is 24.4 Å². The van der Waals surface area contributed by atoms with Crippen LogP contribution in [0, 0.1) is 0 Å². The van der Waals surface area contributed by atoms with Crippen LogP contribution in [0.15, 0.2) is 60.7 Å². The lowest BCUT2D eigenvalue weighted by atomic mass is 9.90. The summed E-state index contributed by atoms with van der Waals surface area (Å²) in [6.45, 7) is 0.580. The second-order valence-corrected chi connectivity index (χ2v) is 6.43. The fourth-order valence-corrected chi connectivity index (χ4v) is 3.16. The van der Waals surface area contributed by atoms with E-state index in [2.05, 4.69) is 0 Å². The van der Waals surface area contributed by atoms with E-state index in [-0.39, 0.29) is 18.7 Å². The first kappa shape index (κ1) is 17.9. The minimum atomic E-state index is -1.32. The van der Waals surface area contributed by atoms with Gasteiger partial charge in [-0.3, -0.25) is 4.79 Å². The van der Waals surface area contributed by atoms with E-state index in [0.29, 0.717) is 18.8 Å². The highest BCUT2D eigenvalue weighted by Crippen LogP contribution is 2.30. The number of likely N-dealkylation sites (tertiary alicyclic amines) is 1. The fraction of sp³-hybridized carbons (Fsp3) is 0.300. The van der Waals surface area contributed by atoms with Gasteiger partial charge >= 0.3 is 5.97 Å². The number of amides is 1. The molecule has 1 saturated heterocycles. The van der Waals surface area contributed by atoms with Gasteiger partial charge in [0.05, 0.1) is 0 Å². The molecule has 2 aromatic carbocycles. The van der Waals surface area contributed by atoms with Crippen molar-refractivity contribution in [2.45, 2.75) is 24.5 Å². The molecular formula is C20H22N2O4. The van der Waals surface area contributed by atoms with Gasteiger partial charge in [-0.2, -0.15) is 0 Å². The Labute approximate surface area is 152 Å². The third kappa shape index (κ3) is 3.70. The Kier molecular flexibility index (Phi) is 5.23. The van der Waals surface area contributed by atoms with Crippen LogP contribution in [0.4, 0.5) is 0 Å². The summed E-state index contributed by atoms with van der Waals surface area (Å²) in [5.74, 6) is -0.702. The summed E-state index contributed by atoms with van der Waals surface area (Å²) in [5.41, 5.74) is 5.50. The third-order valence-corrected chi connectivity index (χ3v) is 4.75. The van der Waals surface area contributed by atoms with E-state index in [0.717, 1.165) is 5.56 Å². The first-order valence-corrected chi connectivity index (χ1v) is 8.59. The zero-order chi connectivity index (χ0) is 18.6. The van der Waals surface area contributed by atoms with Crippen molar-refractivity contribution in [1.82, 2.24) is 4.90 Å². The van der Waals surface area contributed by atoms with Crippen molar-refractivity contribution in [2.24, 2.45) is 5.73 Å².